The van der Waals surface area contributed by atoms with Crippen molar-refractivity contribution in [2.75, 3.05) is 0 Å². The van der Waals surface area contributed by atoms with Crippen LogP contribution in [-0.2, 0) is 4.79 Å². The standard InChI is InChI=1S/C13H20O2/c1-9(14)5-6-11-10(2)12(15)7-8-13(11,3)4/h5-6,11-12,15H,2,7-8H2,1,3-4H3/b6-5+/t11-,12-/m0/s1. The largest absolute Gasteiger partial charge is 0.389 e. The molecule has 0 spiro atoms. The molecule has 15 heavy (non-hydrogen) atoms. The molecular weight excluding hydrogens is 188 g/mol. The summed E-state index contributed by atoms with van der Waals surface area (Å²) < 4.78 is 0. The van der Waals surface area contributed by atoms with Crippen LogP contribution < -0.4 is 0 Å². The average molecular weight is 208 g/mol. The second-order valence-electron chi connectivity index (χ2n) is 5.07. The van der Waals surface area contributed by atoms with Crippen LogP contribution in [0.1, 0.15) is 33.6 Å². The van der Waals surface area contributed by atoms with Crippen LogP contribution in [0.25, 0.3) is 0 Å². The molecule has 84 valence electrons. The monoisotopic (exact) mass is 208 g/mol. The first-order valence-electron chi connectivity index (χ1n) is 5.40. The molecule has 1 aliphatic carbocycles. The number of allylic oxidation sites excluding steroid dienone is 2. The van der Waals surface area contributed by atoms with Crippen molar-refractivity contribution in [3.8, 4) is 0 Å². The Kier molecular flexibility index (Phi) is 3.50. The van der Waals surface area contributed by atoms with Gasteiger partial charge in [-0.15, -0.1) is 0 Å². The van der Waals surface area contributed by atoms with Gasteiger partial charge in [0.15, 0.2) is 5.78 Å². The Morgan fingerprint density at radius 3 is 2.73 bits per heavy atom. The summed E-state index contributed by atoms with van der Waals surface area (Å²) in [6.07, 6.45) is 4.78. The van der Waals surface area contributed by atoms with Gasteiger partial charge in [0.2, 0.25) is 0 Å². The fourth-order valence-corrected chi connectivity index (χ4v) is 2.17. The molecular formula is C13H20O2. The van der Waals surface area contributed by atoms with Gasteiger partial charge in [-0.05, 0) is 36.8 Å². The number of hydrogen-bond donors (Lipinski definition) is 1. The van der Waals surface area contributed by atoms with Crippen molar-refractivity contribution in [2.24, 2.45) is 11.3 Å². The van der Waals surface area contributed by atoms with Gasteiger partial charge >= 0.3 is 0 Å². The molecule has 2 heteroatoms. The van der Waals surface area contributed by atoms with E-state index in [1.807, 2.05) is 6.08 Å². The van der Waals surface area contributed by atoms with Crippen molar-refractivity contribution in [2.45, 2.75) is 39.7 Å². The summed E-state index contributed by atoms with van der Waals surface area (Å²) in [5.74, 6) is 0.142. The topological polar surface area (TPSA) is 37.3 Å². The Hall–Kier alpha value is -0.890. The summed E-state index contributed by atoms with van der Waals surface area (Å²) >= 11 is 0. The first-order valence-corrected chi connectivity index (χ1v) is 5.40. The highest BCUT2D eigenvalue weighted by Crippen LogP contribution is 2.43. The lowest BCUT2D eigenvalue weighted by molar-refractivity contribution is -0.112. The Morgan fingerprint density at radius 1 is 1.60 bits per heavy atom. The minimum Gasteiger partial charge on any atom is -0.389 e. The lowest BCUT2D eigenvalue weighted by atomic mass is 9.65. The Morgan fingerprint density at radius 2 is 2.20 bits per heavy atom. The molecule has 2 nitrogen and oxygen atoms in total. The number of aliphatic hydroxyl groups excluding tert-OH is 1. The molecule has 0 aromatic heterocycles. The highest BCUT2D eigenvalue weighted by molar-refractivity contribution is 5.87. The molecule has 0 saturated heterocycles. The molecule has 0 aliphatic heterocycles. The third kappa shape index (κ3) is 2.78. The maximum absolute atomic E-state index is 10.9. The first-order chi connectivity index (χ1) is 6.84. The van der Waals surface area contributed by atoms with E-state index >= 15 is 0 Å². The molecule has 1 N–H and O–H groups in total. The average Bonchev–Trinajstić information content (AvgIpc) is 2.11. The highest BCUT2D eigenvalue weighted by atomic mass is 16.3. The summed E-state index contributed by atoms with van der Waals surface area (Å²) in [5, 5.41) is 9.73. The third-order valence-corrected chi connectivity index (χ3v) is 3.25. The van der Waals surface area contributed by atoms with Gasteiger partial charge in [-0.1, -0.05) is 26.5 Å². The number of rotatable bonds is 2. The number of hydrogen-bond acceptors (Lipinski definition) is 2. The van der Waals surface area contributed by atoms with Crippen LogP contribution in [-0.4, -0.2) is 17.0 Å². The van der Waals surface area contributed by atoms with Gasteiger partial charge in [0.1, 0.15) is 0 Å². The summed E-state index contributed by atoms with van der Waals surface area (Å²) in [6, 6.07) is 0. The number of carbonyl (C=O) groups excluding carboxylic acids is 1. The van der Waals surface area contributed by atoms with Crippen molar-refractivity contribution in [1.29, 1.82) is 0 Å². The lowest BCUT2D eigenvalue weighted by Crippen LogP contribution is -2.35. The van der Waals surface area contributed by atoms with Gasteiger partial charge in [-0.25, -0.2) is 0 Å². The Bertz CT molecular complexity index is 300. The molecule has 0 amide bonds. The quantitative estimate of drug-likeness (QED) is 0.559. The normalized spacial score (nSPS) is 30.8. The van der Waals surface area contributed by atoms with E-state index in [0.717, 1.165) is 18.4 Å². The molecule has 0 aromatic rings. The summed E-state index contributed by atoms with van der Waals surface area (Å²) in [7, 11) is 0. The summed E-state index contributed by atoms with van der Waals surface area (Å²) in [6.45, 7) is 9.77. The van der Waals surface area contributed by atoms with Crippen molar-refractivity contribution < 1.29 is 9.90 Å². The Labute approximate surface area is 91.7 Å². The van der Waals surface area contributed by atoms with E-state index in [0.29, 0.717) is 0 Å². The number of aliphatic hydroxyl groups is 1. The number of carbonyl (C=O) groups is 1. The molecule has 2 atom stereocenters. The SMILES string of the molecule is C=C1[C@@H](O)CCC(C)(C)[C@H]1/C=C/C(C)=O. The predicted octanol–water partition coefficient (Wildman–Crippen LogP) is 2.48. The van der Waals surface area contributed by atoms with Crippen LogP contribution in [0.2, 0.25) is 0 Å². The Balaban J connectivity index is 2.88. The summed E-state index contributed by atoms with van der Waals surface area (Å²) in [5.41, 5.74) is 0.922. The molecule has 1 fully saturated rings. The van der Waals surface area contributed by atoms with Gasteiger partial charge in [-0.2, -0.15) is 0 Å². The smallest absolute Gasteiger partial charge is 0.152 e. The zero-order chi connectivity index (χ0) is 11.6. The van der Waals surface area contributed by atoms with Crippen LogP contribution in [0.5, 0.6) is 0 Å². The van der Waals surface area contributed by atoms with Crippen LogP contribution in [0.15, 0.2) is 24.3 Å². The molecule has 1 saturated carbocycles. The fraction of sp³-hybridized carbons (Fsp3) is 0.615. The van der Waals surface area contributed by atoms with Crippen LogP contribution in [0.4, 0.5) is 0 Å². The summed E-state index contributed by atoms with van der Waals surface area (Å²) in [4.78, 5) is 10.9. The van der Waals surface area contributed by atoms with Gasteiger partial charge in [0.25, 0.3) is 0 Å². The predicted molar refractivity (Wildman–Crippen MR) is 61.5 cm³/mol. The van der Waals surface area contributed by atoms with Crippen molar-refractivity contribution >= 4 is 5.78 Å². The van der Waals surface area contributed by atoms with E-state index < -0.39 is 6.10 Å². The minimum atomic E-state index is -0.417. The van der Waals surface area contributed by atoms with E-state index in [4.69, 9.17) is 0 Å². The van der Waals surface area contributed by atoms with Crippen molar-refractivity contribution in [1.82, 2.24) is 0 Å². The highest BCUT2D eigenvalue weighted by Gasteiger charge is 2.36. The van der Waals surface area contributed by atoms with E-state index in [-0.39, 0.29) is 17.1 Å². The second kappa shape index (κ2) is 4.31. The molecule has 0 aromatic carbocycles. The number of ketones is 1. The van der Waals surface area contributed by atoms with Crippen molar-refractivity contribution in [3.63, 3.8) is 0 Å². The van der Waals surface area contributed by atoms with E-state index in [1.165, 1.54) is 6.92 Å². The van der Waals surface area contributed by atoms with Gasteiger partial charge in [0, 0.05) is 5.92 Å². The molecule has 0 radical (unpaired) electrons. The molecule has 0 unspecified atom stereocenters. The fourth-order valence-electron chi connectivity index (χ4n) is 2.17. The van der Waals surface area contributed by atoms with Gasteiger partial charge in [-0.3, -0.25) is 4.79 Å². The van der Waals surface area contributed by atoms with E-state index in [2.05, 4.69) is 20.4 Å². The van der Waals surface area contributed by atoms with E-state index in [9.17, 15) is 9.90 Å². The third-order valence-electron chi connectivity index (χ3n) is 3.25. The lowest BCUT2D eigenvalue weighted by Gasteiger charge is -2.41. The van der Waals surface area contributed by atoms with Crippen LogP contribution in [0, 0.1) is 11.3 Å². The van der Waals surface area contributed by atoms with E-state index in [1.54, 1.807) is 6.08 Å². The molecule has 1 aliphatic rings. The molecule has 0 bridgehead atoms. The second-order valence-corrected chi connectivity index (χ2v) is 5.07. The minimum absolute atomic E-state index is 0.0404. The van der Waals surface area contributed by atoms with Crippen LogP contribution >= 0.6 is 0 Å². The van der Waals surface area contributed by atoms with Gasteiger partial charge < -0.3 is 5.11 Å². The van der Waals surface area contributed by atoms with Gasteiger partial charge in [0.05, 0.1) is 6.10 Å². The first kappa shape index (κ1) is 12.2. The van der Waals surface area contributed by atoms with Crippen LogP contribution in [0.3, 0.4) is 0 Å². The molecule has 0 heterocycles. The maximum atomic E-state index is 10.9. The maximum Gasteiger partial charge on any atom is 0.152 e. The zero-order valence-electron chi connectivity index (χ0n) is 9.79. The van der Waals surface area contributed by atoms with Crippen molar-refractivity contribution in [3.05, 3.63) is 24.3 Å². The zero-order valence-corrected chi connectivity index (χ0v) is 9.79. The molecule has 1 rings (SSSR count).